The minimum absolute atomic E-state index is 0.189. The van der Waals surface area contributed by atoms with E-state index in [4.69, 9.17) is 11.6 Å². The molecular weight excluding hydrogens is 312 g/mol. The number of halogens is 1. The van der Waals surface area contributed by atoms with Gasteiger partial charge < -0.3 is 5.32 Å². The maximum atomic E-state index is 12.5. The van der Waals surface area contributed by atoms with Crippen molar-refractivity contribution >= 4 is 23.5 Å². The first-order valence-corrected chi connectivity index (χ1v) is 7.92. The summed E-state index contributed by atoms with van der Waals surface area (Å²) in [7, 11) is 0. The third kappa shape index (κ3) is 3.54. The zero-order valence-corrected chi connectivity index (χ0v) is 13.3. The van der Waals surface area contributed by atoms with E-state index < -0.39 is 6.04 Å². The molecular formula is C18H17ClN2O2. The van der Waals surface area contributed by atoms with Gasteiger partial charge in [-0.15, -0.1) is 0 Å². The molecule has 3 rings (SSSR count). The monoisotopic (exact) mass is 328 g/mol. The maximum absolute atomic E-state index is 12.5. The largest absolute Gasteiger partial charge is 0.326 e. The Balaban J connectivity index is 1.64. The van der Waals surface area contributed by atoms with Crippen LogP contribution in [0.5, 0.6) is 0 Å². The van der Waals surface area contributed by atoms with Gasteiger partial charge in [-0.3, -0.25) is 9.69 Å². The summed E-state index contributed by atoms with van der Waals surface area (Å²) in [6.07, 6.45) is 1.34. The molecule has 1 fully saturated rings. The summed E-state index contributed by atoms with van der Waals surface area (Å²) in [6.45, 7) is 0.201. The number of carbonyl (C=O) groups is 2. The fourth-order valence-electron chi connectivity index (χ4n) is 2.67. The molecule has 1 aliphatic rings. The Hall–Kier alpha value is -2.33. The number of amides is 3. The van der Waals surface area contributed by atoms with Gasteiger partial charge in [0, 0.05) is 5.02 Å². The summed E-state index contributed by atoms with van der Waals surface area (Å²) < 4.78 is 0. The van der Waals surface area contributed by atoms with Gasteiger partial charge in [0.2, 0.25) is 0 Å². The normalized spacial score (nSPS) is 17.4. The van der Waals surface area contributed by atoms with Crippen LogP contribution in [0.15, 0.2) is 54.6 Å². The number of urea groups is 1. The molecule has 0 bridgehead atoms. The van der Waals surface area contributed by atoms with Crippen molar-refractivity contribution in [2.24, 2.45) is 0 Å². The van der Waals surface area contributed by atoms with Crippen LogP contribution in [0.25, 0.3) is 0 Å². The Morgan fingerprint density at radius 2 is 1.70 bits per heavy atom. The van der Waals surface area contributed by atoms with E-state index in [2.05, 4.69) is 5.32 Å². The summed E-state index contributed by atoms with van der Waals surface area (Å²) in [5, 5.41) is 3.31. The fourth-order valence-corrected chi connectivity index (χ4v) is 2.87. The van der Waals surface area contributed by atoms with E-state index in [-0.39, 0.29) is 18.5 Å². The molecule has 2 aromatic rings. The second-order valence-electron chi connectivity index (χ2n) is 5.54. The first-order chi connectivity index (χ1) is 11.1. The number of imide groups is 1. The average molecular weight is 329 g/mol. The van der Waals surface area contributed by atoms with Crippen molar-refractivity contribution < 1.29 is 9.59 Å². The van der Waals surface area contributed by atoms with E-state index in [0.29, 0.717) is 11.4 Å². The topological polar surface area (TPSA) is 49.4 Å². The Labute approximate surface area is 140 Å². The standard InChI is InChI=1S/C18H17ClN2O2/c19-15-9-5-4-8-14(15)12-21-17(22)16(20-18(21)23)11-10-13-6-2-1-3-7-13/h1-9,16H,10-12H2,(H,20,23)/t16-/m0/s1. The molecule has 5 heteroatoms. The SMILES string of the molecule is O=C1N[C@@H](CCc2ccccc2)C(=O)N1Cc1ccccc1Cl. The highest BCUT2D eigenvalue weighted by atomic mass is 35.5. The molecule has 1 atom stereocenters. The van der Waals surface area contributed by atoms with Gasteiger partial charge in [-0.25, -0.2) is 4.79 Å². The van der Waals surface area contributed by atoms with Crippen molar-refractivity contribution in [2.75, 3.05) is 0 Å². The molecule has 0 aromatic heterocycles. The molecule has 1 N–H and O–H groups in total. The second-order valence-corrected chi connectivity index (χ2v) is 5.95. The van der Waals surface area contributed by atoms with E-state index in [9.17, 15) is 9.59 Å². The maximum Gasteiger partial charge on any atom is 0.325 e. The van der Waals surface area contributed by atoms with Crippen molar-refractivity contribution in [2.45, 2.75) is 25.4 Å². The lowest BCUT2D eigenvalue weighted by Crippen LogP contribution is -2.31. The minimum Gasteiger partial charge on any atom is -0.326 e. The molecule has 0 spiro atoms. The quantitative estimate of drug-likeness (QED) is 0.855. The van der Waals surface area contributed by atoms with Gasteiger partial charge in [0.25, 0.3) is 5.91 Å². The summed E-state index contributed by atoms with van der Waals surface area (Å²) in [4.78, 5) is 25.8. The van der Waals surface area contributed by atoms with Crippen molar-refractivity contribution in [3.05, 3.63) is 70.7 Å². The van der Waals surface area contributed by atoms with Crippen LogP contribution in [0.1, 0.15) is 17.5 Å². The van der Waals surface area contributed by atoms with Gasteiger partial charge >= 0.3 is 6.03 Å². The number of rotatable bonds is 5. The number of hydrogen-bond donors (Lipinski definition) is 1. The number of nitrogens with one attached hydrogen (secondary N) is 1. The Bertz CT molecular complexity index is 718. The fraction of sp³-hybridized carbons (Fsp3) is 0.222. The molecule has 0 radical (unpaired) electrons. The Morgan fingerprint density at radius 3 is 2.43 bits per heavy atom. The number of carbonyl (C=O) groups excluding carboxylic acids is 2. The average Bonchev–Trinajstić information content (AvgIpc) is 2.83. The van der Waals surface area contributed by atoms with E-state index in [0.717, 1.165) is 17.5 Å². The van der Waals surface area contributed by atoms with Crippen LogP contribution in [0.2, 0.25) is 5.02 Å². The number of benzene rings is 2. The van der Waals surface area contributed by atoms with Gasteiger partial charge in [-0.2, -0.15) is 0 Å². The van der Waals surface area contributed by atoms with Crippen LogP contribution in [-0.2, 0) is 17.8 Å². The Morgan fingerprint density at radius 1 is 1.00 bits per heavy atom. The van der Waals surface area contributed by atoms with Crippen molar-refractivity contribution in [1.82, 2.24) is 10.2 Å². The molecule has 1 aliphatic heterocycles. The summed E-state index contributed by atoms with van der Waals surface area (Å²) >= 11 is 6.11. The van der Waals surface area contributed by atoms with Gasteiger partial charge in [-0.1, -0.05) is 60.1 Å². The van der Waals surface area contributed by atoms with Crippen LogP contribution in [0, 0.1) is 0 Å². The Kier molecular flexibility index (Phi) is 4.63. The van der Waals surface area contributed by atoms with Crippen LogP contribution >= 0.6 is 11.6 Å². The highest BCUT2D eigenvalue weighted by molar-refractivity contribution is 6.31. The predicted octanol–water partition coefficient (Wildman–Crippen LogP) is 3.39. The molecule has 2 aromatic carbocycles. The van der Waals surface area contributed by atoms with E-state index >= 15 is 0 Å². The number of nitrogens with zero attached hydrogens (tertiary/aromatic N) is 1. The summed E-state index contributed by atoms with van der Waals surface area (Å²) in [5.74, 6) is -0.189. The highest BCUT2D eigenvalue weighted by Crippen LogP contribution is 2.20. The lowest BCUT2D eigenvalue weighted by Gasteiger charge is -2.14. The van der Waals surface area contributed by atoms with Crippen molar-refractivity contribution in [1.29, 1.82) is 0 Å². The molecule has 0 aliphatic carbocycles. The van der Waals surface area contributed by atoms with E-state index in [1.807, 2.05) is 48.5 Å². The third-order valence-corrected chi connectivity index (χ3v) is 4.33. The minimum atomic E-state index is -0.467. The molecule has 23 heavy (non-hydrogen) atoms. The second kappa shape index (κ2) is 6.84. The summed E-state index contributed by atoms with van der Waals surface area (Å²) in [6, 6.07) is 16.3. The molecule has 4 nitrogen and oxygen atoms in total. The first kappa shape index (κ1) is 15.6. The molecule has 3 amide bonds. The van der Waals surface area contributed by atoms with Gasteiger partial charge in [0.05, 0.1) is 6.54 Å². The van der Waals surface area contributed by atoms with E-state index in [1.54, 1.807) is 6.07 Å². The molecule has 1 heterocycles. The molecule has 118 valence electrons. The molecule has 0 saturated carbocycles. The summed E-state index contributed by atoms with van der Waals surface area (Å²) in [5.41, 5.74) is 1.92. The number of hydrogen-bond acceptors (Lipinski definition) is 2. The third-order valence-electron chi connectivity index (χ3n) is 3.96. The zero-order chi connectivity index (χ0) is 16.2. The highest BCUT2D eigenvalue weighted by Gasteiger charge is 2.37. The van der Waals surface area contributed by atoms with E-state index in [1.165, 1.54) is 4.90 Å². The van der Waals surface area contributed by atoms with Crippen LogP contribution in [0.3, 0.4) is 0 Å². The van der Waals surface area contributed by atoms with Crippen molar-refractivity contribution in [3.63, 3.8) is 0 Å². The smallest absolute Gasteiger partial charge is 0.325 e. The van der Waals surface area contributed by atoms with Gasteiger partial charge in [0.15, 0.2) is 0 Å². The van der Waals surface area contributed by atoms with Crippen molar-refractivity contribution in [3.8, 4) is 0 Å². The van der Waals surface area contributed by atoms with Crippen LogP contribution < -0.4 is 5.32 Å². The number of aryl methyl sites for hydroxylation is 1. The van der Waals surface area contributed by atoms with Gasteiger partial charge in [0.1, 0.15) is 6.04 Å². The molecule has 0 unspecified atom stereocenters. The predicted molar refractivity (Wildman–Crippen MR) is 89.1 cm³/mol. The van der Waals surface area contributed by atoms with Crippen LogP contribution in [-0.4, -0.2) is 22.9 Å². The molecule has 1 saturated heterocycles. The first-order valence-electron chi connectivity index (χ1n) is 7.54. The van der Waals surface area contributed by atoms with Crippen LogP contribution in [0.4, 0.5) is 4.79 Å². The zero-order valence-electron chi connectivity index (χ0n) is 12.5. The van der Waals surface area contributed by atoms with Gasteiger partial charge in [-0.05, 0) is 30.0 Å². The lowest BCUT2D eigenvalue weighted by molar-refractivity contribution is -0.128. The lowest BCUT2D eigenvalue weighted by atomic mass is 10.1.